The lowest BCUT2D eigenvalue weighted by molar-refractivity contribution is -0.147. The number of likely N-dealkylation sites (N-methyl/N-ethyl adjacent to an activating group) is 1. The van der Waals surface area contributed by atoms with Gasteiger partial charge in [-0.25, -0.2) is 9.18 Å². The molecule has 2 aromatic carbocycles. The fraction of sp³-hybridized carbons (Fsp3) is 0.514. The quantitative estimate of drug-likeness (QED) is 0.451. The van der Waals surface area contributed by atoms with Gasteiger partial charge in [-0.15, -0.1) is 0 Å². The van der Waals surface area contributed by atoms with Crippen LogP contribution in [0.15, 0.2) is 48.5 Å². The van der Waals surface area contributed by atoms with Crippen LogP contribution in [-0.2, 0) is 31.0 Å². The molecule has 12 heteroatoms. The molecule has 5 rings (SSSR count). The second-order valence-corrected chi connectivity index (χ2v) is 13.9. The second-order valence-electron chi connectivity index (χ2n) is 13.9. The van der Waals surface area contributed by atoms with Crippen LogP contribution in [0.3, 0.4) is 0 Å². The highest BCUT2D eigenvalue weighted by molar-refractivity contribution is 6.07. The van der Waals surface area contributed by atoms with Crippen molar-refractivity contribution in [1.29, 1.82) is 5.26 Å². The average molecular weight is 647 g/mol. The number of hydrogen-bond acceptors (Lipinski definition) is 6. The molecule has 2 aromatic rings. The van der Waals surface area contributed by atoms with Crippen LogP contribution >= 0.6 is 0 Å². The number of amides is 5. The summed E-state index contributed by atoms with van der Waals surface area (Å²) < 4.78 is 18.9. The number of rotatable bonds is 8. The van der Waals surface area contributed by atoms with Gasteiger partial charge in [0.2, 0.25) is 17.7 Å². The van der Waals surface area contributed by atoms with Gasteiger partial charge in [-0.1, -0.05) is 51.1 Å². The summed E-state index contributed by atoms with van der Waals surface area (Å²) in [6, 6.07) is 12.3. The molecule has 2 fully saturated rings. The van der Waals surface area contributed by atoms with Crippen molar-refractivity contribution in [2.24, 2.45) is 5.41 Å². The van der Waals surface area contributed by atoms with Crippen LogP contribution in [-0.4, -0.2) is 96.5 Å². The summed E-state index contributed by atoms with van der Waals surface area (Å²) in [5, 5.41) is 16.0. The van der Waals surface area contributed by atoms with Crippen molar-refractivity contribution in [2.75, 3.05) is 45.2 Å². The largest absolute Gasteiger partial charge is 0.378 e. The van der Waals surface area contributed by atoms with Crippen LogP contribution < -0.4 is 10.6 Å². The van der Waals surface area contributed by atoms with Gasteiger partial charge in [-0.05, 0) is 54.0 Å². The molecule has 0 saturated carbocycles. The number of halogens is 1. The highest BCUT2D eigenvalue weighted by Gasteiger charge is 2.57. The minimum absolute atomic E-state index is 0.0113. The van der Waals surface area contributed by atoms with Crippen LogP contribution in [0, 0.1) is 22.6 Å². The number of urea groups is 1. The Hall–Kier alpha value is -4.50. The van der Waals surface area contributed by atoms with Crippen molar-refractivity contribution in [3.05, 3.63) is 65.5 Å². The molecule has 0 aliphatic carbocycles. The Balaban J connectivity index is 1.41. The second kappa shape index (κ2) is 13.7. The Morgan fingerprint density at radius 2 is 1.83 bits per heavy atom. The third-order valence-corrected chi connectivity index (χ3v) is 9.35. The summed E-state index contributed by atoms with van der Waals surface area (Å²) in [6.07, 6.45) is 1.02. The molecular weight excluding hydrogens is 603 g/mol. The minimum atomic E-state index is -1.06. The number of hydrogen-bond donors (Lipinski definition) is 2. The van der Waals surface area contributed by atoms with E-state index in [2.05, 4.69) is 16.7 Å². The molecule has 250 valence electrons. The molecular formula is C35H43FN6O5. The maximum absolute atomic E-state index is 14.5. The number of carbonyl (C=O) groups excluding carboxylic acids is 4. The number of likely N-dealkylation sites (tertiary alicyclic amines) is 1. The summed E-state index contributed by atoms with van der Waals surface area (Å²) in [4.78, 5) is 59.9. The number of para-hydroxylation sites is 1. The number of morpholine rings is 1. The van der Waals surface area contributed by atoms with Gasteiger partial charge in [-0.3, -0.25) is 14.4 Å². The molecule has 3 aliphatic rings. The number of nitrogens with one attached hydrogen (secondary N) is 2. The molecule has 0 aromatic heterocycles. The number of ether oxygens (including phenoxy) is 1. The summed E-state index contributed by atoms with van der Waals surface area (Å²) >= 11 is 0. The lowest BCUT2D eigenvalue weighted by Crippen LogP contribution is -2.58. The van der Waals surface area contributed by atoms with Crippen LogP contribution in [0.5, 0.6) is 0 Å². The Labute approximate surface area is 275 Å². The van der Waals surface area contributed by atoms with Gasteiger partial charge in [0.1, 0.15) is 23.9 Å². The zero-order valence-corrected chi connectivity index (χ0v) is 27.4. The summed E-state index contributed by atoms with van der Waals surface area (Å²) in [5.41, 5.74) is 0.757. The number of aryl methyl sites for hydroxylation is 1. The number of nitrogens with zero attached hydrogens (tertiary/aromatic N) is 4. The highest BCUT2D eigenvalue weighted by atomic mass is 19.1. The predicted octanol–water partition coefficient (Wildman–Crippen LogP) is 3.45. The van der Waals surface area contributed by atoms with E-state index in [-0.39, 0.29) is 37.5 Å². The first-order valence-corrected chi connectivity index (χ1v) is 16.1. The highest BCUT2D eigenvalue weighted by Crippen LogP contribution is 2.46. The van der Waals surface area contributed by atoms with Crippen molar-refractivity contribution in [3.63, 3.8) is 0 Å². The van der Waals surface area contributed by atoms with E-state index in [1.54, 1.807) is 30.1 Å². The maximum atomic E-state index is 14.5. The zero-order valence-electron chi connectivity index (χ0n) is 27.4. The summed E-state index contributed by atoms with van der Waals surface area (Å²) in [7, 11) is 1.55. The number of benzene rings is 2. The minimum Gasteiger partial charge on any atom is -0.378 e. The summed E-state index contributed by atoms with van der Waals surface area (Å²) in [6.45, 7) is 7.46. The number of nitriles is 1. The van der Waals surface area contributed by atoms with Crippen molar-refractivity contribution in [1.82, 2.24) is 20.0 Å². The third-order valence-electron chi connectivity index (χ3n) is 9.35. The lowest BCUT2D eigenvalue weighted by Gasteiger charge is -2.37. The monoisotopic (exact) mass is 646 g/mol. The smallest absolute Gasteiger partial charge is 0.318 e. The molecule has 0 unspecified atom stereocenters. The summed E-state index contributed by atoms with van der Waals surface area (Å²) in [5.74, 6) is -1.50. The molecule has 4 atom stereocenters. The van der Waals surface area contributed by atoms with Crippen LogP contribution in [0.1, 0.15) is 51.2 Å². The lowest BCUT2D eigenvalue weighted by atomic mass is 9.80. The van der Waals surface area contributed by atoms with Gasteiger partial charge in [0.15, 0.2) is 0 Å². The van der Waals surface area contributed by atoms with E-state index in [9.17, 15) is 28.8 Å². The third kappa shape index (κ3) is 7.25. The SMILES string of the molecule is CN(C(=O)[C@H](CCc1ccc(F)cc1)NC(=O)N1CCOCC1)[C@@H](CC(C)(C)C)C(=O)N1C[C@]2(C[C@H]1C#N)C(=O)Nc1ccccc12. The van der Waals surface area contributed by atoms with Gasteiger partial charge < -0.3 is 30.1 Å². The maximum Gasteiger partial charge on any atom is 0.318 e. The van der Waals surface area contributed by atoms with Crippen molar-refractivity contribution in [3.8, 4) is 6.07 Å². The van der Waals surface area contributed by atoms with Gasteiger partial charge in [0, 0.05) is 38.8 Å². The van der Waals surface area contributed by atoms with Gasteiger partial charge in [-0.2, -0.15) is 5.26 Å². The Morgan fingerprint density at radius 3 is 2.49 bits per heavy atom. The first-order chi connectivity index (χ1) is 22.3. The predicted molar refractivity (Wildman–Crippen MR) is 173 cm³/mol. The van der Waals surface area contributed by atoms with E-state index in [1.165, 1.54) is 21.9 Å². The molecule has 2 N–H and O–H groups in total. The topological polar surface area (TPSA) is 135 Å². The average Bonchev–Trinajstić information content (AvgIpc) is 3.58. The van der Waals surface area contributed by atoms with Crippen molar-refractivity contribution in [2.45, 2.75) is 70.0 Å². The van der Waals surface area contributed by atoms with E-state index in [0.29, 0.717) is 38.4 Å². The molecule has 11 nitrogen and oxygen atoms in total. The van der Waals surface area contributed by atoms with E-state index in [1.807, 2.05) is 39.0 Å². The van der Waals surface area contributed by atoms with E-state index < -0.39 is 46.8 Å². The van der Waals surface area contributed by atoms with Gasteiger partial charge >= 0.3 is 6.03 Å². The van der Waals surface area contributed by atoms with E-state index in [0.717, 1.165) is 11.1 Å². The molecule has 0 bridgehead atoms. The standard InChI is InChI=1S/C35H43FN6O5/c1-34(2,3)20-29(31(44)42-22-35(19-25(42)21-37)26-7-5-6-8-27(26)38-32(35)45)40(4)30(43)28(14-11-23-9-12-24(36)13-10-23)39-33(46)41-15-17-47-18-16-41/h5-10,12-13,25,28-29H,11,14-20,22H2,1-4H3,(H,38,45)(H,39,46)/t25-,28-,29-,35-/m0/s1. The molecule has 3 aliphatic heterocycles. The van der Waals surface area contributed by atoms with Crippen molar-refractivity contribution < 1.29 is 28.3 Å². The van der Waals surface area contributed by atoms with Gasteiger partial charge in [0.05, 0.1) is 24.7 Å². The number of fused-ring (bicyclic) bond motifs is 2. The molecule has 1 spiro atoms. The van der Waals surface area contributed by atoms with E-state index in [4.69, 9.17) is 4.74 Å². The Bertz CT molecular complexity index is 1550. The fourth-order valence-corrected chi connectivity index (χ4v) is 6.77. The Morgan fingerprint density at radius 1 is 1.15 bits per heavy atom. The van der Waals surface area contributed by atoms with Crippen molar-refractivity contribution >= 4 is 29.4 Å². The van der Waals surface area contributed by atoms with Crippen LogP contribution in [0.25, 0.3) is 0 Å². The van der Waals surface area contributed by atoms with Gasteiger partial charge in [0.25, 0.3) is 0 Å². The van der Waals surface area contributed by atoms with Crippen LogP contribution in [0.2, 0.25) is 0 Å². The first kappa shape index (κ1) is 33.9. The number of anilines is 1. The number of carbonyl (C=O) groups is 4. The normalized spacial score (nSPS) is 21.9. The molecule has 3 heterocycles. The zero-order chi connectivity index (χ0) is 33.9. The molecule has 2 saturated heterocycles. The van der Waals surface area contributed by atoms with Crippen LogP contribution in [0.4, 0.5) is 14.9 Å². The molecule has 47 heavy (non-hydrogen) atoms. The Kier molecular flexibility index (Phi) is 9.86. The van der Waals surface area contributed by atoms with E-state index >= 15 is 0 Å². The molecule has 0 radical (unpaired) electrons. The first-order valence-electron chi connectivity index (χ1n) is 16.1. The molecule has 5 amide bonds. The fourth-order valence-electron chi connectivity index (χ4n) is 6.77.